The number of carbonyl (C=O) groups is 1. The second-order valence-corrected chi connectivity index (χ2v) is 7.77. The van der Waals surface area contributed by atoms with E-state index >= 15 is 0 Å². The van der Waals surface area contributed by atoms with Gasteiger partial charge in [-0.1, -0.05) is 12.1 Å². The standard InChI is InChI=1S/C22H16FN3OS/c23-19-9-14-4-6-28-20(14)10-17(19)15-8-18(21(24)26-11-15)12-1-2-16-13(7-12)3-5-25-22(16)27/h1-2,4,6-11H,3,5H2,(H2,24,26)(H,25,27). The van der Waals surface area contributed by atoms with E-state index in [1.54, 1.807) is 23.6 Å². The van der Waals surface area contributed by atoms with Gasteiger partial charge in [0.1, 0.15) is 11.6 Å². The molecule has 0 spiro atoms. The summed E-state index contributed by atoms with van der Waals surface area (Å²) in [5, 5.41) is 5.68. The average molecular weight is 389 g/mol. The molecule has 6 heteroatoms. The van der Waals surface area contributed by atoms with Crippen molar-refractivity contribution in [3.8, 4) is 22.3 Å². The van der Waals surface area contributed by atoms with Crippen molar-refractivity contribution < 1.29 is 9.18 Å². The van der Waals surface area contributed by atoms with Crippen LogP contribution in [0.25, 0.3) is 32.3 Å². The molecule has 0 radical (unpaired) electrons. The first kappa shape index (κ1) is 16.9. The van der Waals surface area contributed by atoms with E-state index in [4.69, 9.17) is 5.73 Å². The summed E-state index contributed by atoms with van der Waals surface area (Å²) < 4.78 is 15.7. The lowest BCUT2D eigenvalue weighted by Crippen LogP contribution is -2.31. The van der Waals surface area contributed by atoms with Gasteiger partial charge in [0.2, 0.25) is 0 Å². The molecule has 0 unspecified atom stereocenters. The lowest BCUT2D eigenvalue weighted by Gasteiger charge is -2.18. The number of carbonyl (C=O) groups excluding carboxylic acids is 1. The molecule has 0 atom stereocenters. The summed E-state index contributed by atoms with van der Waals surface area (Å²) in [6, 6.07) is 12.8. The summed E-state index contributed by atoms with van der Waals surface area (Å²) in [6.45, 7) is 0.620. The highest BCUT2D eigenvalue weighted by Gasteiger charge is 2.18. The topological polar surface area (TPSA) is 68.0 Å². The molecule has 2 aromatic carbocycles. The van der Waals surface area contributed by atoms with Gasteiger partial charge in [-0.3, -0.25) is 4.79 Å². The number of benzene rings is 2. The summed E-state index contributed by atoms with van der Waals surface area (Å²) in [7, 11) is 0. The van der Waals surface area contributed by atoms with Crippen molar-refractivity contribution in [2.75, 3.05) is 12.3 Å². The van der Waals surface area contributed by atoms with Crippen molar-refractivity contribution in [1.82, 2.24) is 10.3 Å². The quantitative estimate of drug-likeness (QED) is 0.525. The van der Waals surface area contributed by atoms with Gasteiger partial charge in [-0.25, -0.2) is 9.37 Å². The molecular weight excluding hydrogens is 373 g/mol. The van der Waals surface area contributed by atoms with Crippen molar-refractivity contribution in [2.24, 2.45) is 0 Å². The number of nitrogens with one attached hydrogen (secondary N) is 1. The number of aromatic nitrogens is 1. The first-order valence-electron chi connectivity index (χ1n) is 8.94. The van der Waals surface area contributed by atoms with Crippen LogP contribution in [-0.4, -0.2) is 17.4 Å². The highest BCUT2D eigenvalue weighted by Crippen LogP contribution is 2.34. The molecule has 0 aliphatic carbocycles. The van der Waals surface area contributed by atoms with E-state index in [-0.39, 0.29) is 11.7 Å². The van der Waals surface area contributed by atoms with Crippen molar-refractivity contribution in [3.63, 3.8) is 0 Å². The molecule has 1 aliphatic heterocycles. The minimum atomic E-state index is -0.287. The molecule has 0 saturated heterocycles. The maximum atomic E-state index is 14.7. The molecular formula is C22H16FN3OS. The molecule has 2 aromatic heterocycles. The van der Waals surface area contributed by atoms with Gasteiger partial charge < -0.3 is 11.1 Å². The molecule has 0 fully saturated rings. The first-order valence-corrected chi connectivity index (χ1v) is 9.82. The summed E-state index contributed by atoms with van der Waals surface area (Å²) in [5.41, 5.74) is 10.6. The van der Waals surface area contributed by atoms with Gasteiger partial charge in [0.25, 0.3) is 5.91 Å². The van der Waals surface area contributed by atoms with Gasteiger partial charge in [-0.05, 0) is 58.6 Å². The smallest absolute Gasteiger partial charge is 0.251 e. The predicted octanol–water partition coefficient (Wildman–Crippen LogP) is 4.64. The molecule has 1 aliphatic rings. The fourth-order valence-electron chi connectivity index (χ4n) is 3.65. The predicted molar refractivity (Wildman–Crippen MR) is 111 cm³/mol. The summed E-state index contributed by atoms with van der Waals surface area (Å²) in [6.07, 6.45) is 2.37. The van der Waals surface area contributed by atoms with Crippen molar-refractivity contribution in [3.05, 3.63) is 71.0 Å². The minimum Gasteiger partial charge on any atom is -0.383 e. The number of nitrogens with two attached hydrogens (primary N) is 1. The van der Waals surface area contributed by atoms with Crippen LogP contribution in [0.3, 0.4) is 0 Å². The zero-order valence-electron chi connectivity index (χ0n) is 14.8. The van der Waals surface area contributed by atoms with Crippen molar-refractivity contribution in [2.45, 2.75) is 6.42 Å². The van der Waals surface area contributed by atoms with Gasteiger partial charge in [0, 0.05) is 39.7 Å². The number of halogens is 1. The molecule has 0 saturated carbocycles. The molecule has 1 amide bonds. The normalized spacial score (nSPS) is 13.4. The molecule has 5 rings (SSSR count). The molecule has 3 N–H and O–H groups in total. The number of pyridine rings is 1. The van der Waals surface area contributed by atoms with Crippen LogP contribution in [0.1, 0.15) is 15.9 Å². The number of hydrogen-bond acceptors (Lipinski definition) is 4. The van der Waals surface area contributed by atoms with E-state index in [1.165, 1.54) is 0 Å². The third-order valence-corrected chi connectivity index (χ3v) is 5.99. The largest absolute Gasteiger partial charge is 0.383 e. The van der Waals surface area contributed by atoms with E-state index in [9.17, 15) is 9.18 Å². The maximum Gasteiger partial charge on any atom is 0.251 e. The Bertz CT molecular complexity index is 1250. The van der Waals surface area contributed by atoms with Crippen LogP contribution in [0.4, 0.5) is 10.2 Å². The zero-order valence-corrected chi connectivity index (χ0v) is 15.6. The Balaban J connectivity index is 1.63. The second-order valence-electron chi connectivity index (χ2n) is 6.83. The van der Waals surface area contributed by atoms with E-state index in [0.717, 1.165) is 33.2 Å². The molecule has 28 heavy (non-hydrogen) atoms. The fraction of sp³-hybridized carbons (Fsp3) is 0.0909. The van der Waals surface area contributed by atoms with E-state index in [0.29, 0.717) is 29.1 Å². The third kappa shape index (κ3) is 2.73. The number of nitrogen functional groups attached to an aromatic ring is 1. The number of rotatable bonds is 2. The number of nitrogens with zero attached hydrogens (tertiary/aromatic N) is 1. The highest BCUT2D eigenvalue weighted by molar-refractivity contribution is 7.17. The summed E-state index contributed by atoms with van der Waals surface area (Å²) >= 11 is 1.57. The molecule has 0 bridgehead atoms. The number of hydrogen-bond donors (Lipinski definition) is 2. The van der Waals surface area contributed by atoms with Crippen LogP contribution in [0.15, 0.2) is 54.0 Å². The Hall–Kier alpha value is -3.25. The Morgan fingerprint density at radius 3 is 2.82 bits per heavy atom. The van der Waals surface area contributed by atoms with Gasteiger partial charge >= 0.3 is 0 Å². The van der Waals surface area contributed by atoms with Crippen LogP contribution in [-0.2, 0) is 6.42 Å². The first-order chi connectivity index (χ1) is 13.6. The number of thiophene rings is 1. The third-order valence-electron chi connectivity index (χ3n) is 5.11. The van der Waals surface area contributed by atoms with Crippen molar-refractivity contribution in [1.29, 1.82) is 0 Å². The van der Waals surface area contributed by atoms with Crippen LogP contribution >= 0.6 is 11.3 Å². The lowest BCUT2D eigenvalue weighted by molar-refractivity contribution is 0.0946. The van der Waals surface area contributed by atoms with Crippen LogP contribution < -0.4 is 11.1 Å². The Morgan fingerprint density at radius 1 is 1.04 bits per heavy atom. The van der Waals surface area contributed by atoms with Crippen LogP contribution in [0.2, 0.25) is 0 Å². The minimum absolute atomic E-state index is 0.0565. The van der Waals surface area contributed by atoms with Gasteiger partial charge in [-0.2, -0.15) is 0 Å². The second kappa shape index (κ2) is 6.42. The van der Waals surface area contributed by atoms with Gasteiger partial charge in [-0.15, -0.1) is 11.3 Å². The van der Waals surface area contributed by atoms with Crippen LogP contribution in [0, 0.1) is 5.82 Å². The molecule has 4 nitrogen and oxygen atoms in total. The van der Waals surface area contributed by atoms with E-state index in [1.807, 2.05) is 41.8 Å². The lowest BCUT2D eigenvalue weighted by atomic mass is 9.94. The molecule has 138 valence electrons. The van der Waals surface area contributed by atoms with E-state index < -0.39 is 0 Å². The Labute approximate surface area is 164 Å². The van der Waals surface area contributed by atoms with Gasteiger partial charge in [0.05, 0.1) is 0 Å². The van der Waals surface area contributed by atoms with Gasteiger partial charge in [0.15, 0.2) is 0 Å². The SMILES string of the molecule is Nc1ncc(-c2cc3sccc3cc2F)cc1-c1ccc2c(c1)CCNC2=O. The fourth-order valence-corrected chi connectivity index (χ4v) is 4.46. The highest BCUT2D eigenvalue weighted by atomic mass is 32.1. The monoisotopic (exact) mass is 389 g/mol. The maximum absolute atomic E-state index is 14.7. The molecule has 3 heterocycles. The zero-order chi connectivity index (χ0) is 19.3. The Morgan fingerprint density at radius 2 is 1.93 bits per heavy atom. The number of amides is 1. The van der Waals surface area contributed by atoms with Crippen molar-refractivity contribution >= 4 is 33.1 Å². The summed E-state index contributed by atoms with van der Waals surface area (Å²) in [5.74, 6) is 0.0334. The number of anilines is 1. The molecule has 4 aromatic rings. The Kier molecular flexibility index (Phi) is 3.87. The van der Waals surface area contributed by atoms with Crippen LogP contribution in [0.5, 0.6) is 0 Å². The average Bonchev–Trinajstić information content (AvgIpc) is 3.15. The summed E-state index contributed by atoms with van der Waals surface area (Å²) in [4.78, 5) is 16.3. The van der Waals surface area contributed by atoms with E-state index in [2.05, 4.69) is 10.3 Å². The number of fused-ring (bicyclic) bond motifs is 2.